The molecular weight excluding hydrogens is 309 g/mol. The zero-order valence-electron chi connectivity index (χ0n) is 13.2. The normalized spacial score (nSPS) is 34.1. The molecule has 2 N–H and O–H groups in total. The molecule has 0 aromatic heterocycles. The van der Waals surface area contributed by atoms with Crippen molar-refractivity contribution in [1.82, 2.24) is 10.2 Å². The summed E-state index contributed by atoms with van der Waals surface area (Å²) in [6.45, 7) is 0.971. The van der Waals surface area contributed by atoms with Gasteiger partial charge in [0.05, 0.1) is 6.10 Å². The molecule has 7 heteroatoms. The molecule has 0 aromatic carbocycles. The fraction of sp³-hybridized carbons (Fsp3) is 0.938. The summed E-state index contributed by atoms with van der Waals surface area (Å²) in [5.41, 5.74) is -2.06. The minimum Gasteiger partial charge on any atom is -0.393 e. The number of nitrogens with one attached hydrogen (secondary N) is 1. The van der Waals surface area contributed by atoms with Crippen molar-refractivity contribution in [2.45, 2.75) is 69.2 Å². The first-order chi connectivity index (χ1) is 10.8. The highest BCUT2D eigenvalue weighted by atomic mass is 19.4. The predicted octanol–water partition coefficient (Wildman–Crippen LogP) is 3.05. The molecule has 0 unspecified atom stereocenters. The summed E-state index contributed by atoms with van der Waals surface area (Å²) in [5.74, 6) is 0.537. The third-order valence-corrected chi connectivity index (χ3v) is 5.91. The molecule has 132 valence electrons. The number of hydrogen-bond acceptors (Lipinski definition) is 2. The molecule has 3 fully saturated rings. The lowest BCUT2D eigenvalue weighted by Gasteiger charge is -2.40. The van der Waals surface area contributed by atoms with Crippen LogP contribution in [-0.4, -0.2) is 46.9 Å². The van der Waals surface area contributed by atoms with Crippen molar-refractivity contribution in [2.75, 3.05) is 13.1 Å². The highest BCUT2D eigenvalue weighted by molar-refractivity contribution is 5.75. The number of aliphatic hydroxyl groups excluding tert-OH is 1. The zero-order valence-corrected chi connectivity index (χ0v) is 13.2. The lowest BCUT2D eigenvalue weighted by molar-refractivity contribution is -0.202. The van der Waals surface area contributed by atoms with Gasteiger partial charge in [-0.25, -0.2) is 4.79 Å². The molecule has 4 nitrogen and oxygen atoms in total. The van der Waals surface area contributed by atoms with Gasteiger partial charge in [-0.1, -0.05) is 19.3 Å². The quantitative estimate of drug-likeness (QED) is 0.774. The van der Waals surface area contributed by atoms with E-state index in [4.69, 9.17) is 0 Å². The van der Waals surface area contributed by atoms with Gasteiger partial charge in [0.25, 0.3) is 0 Å². The summed E-state index contributed by atoms with van der Waals surface area (Å²) in [6.07, 6.45) is -0.788. The Kier molecular flexibility index (Phi) is 4.51. The van der Waals surface area contributed by atoms with E-state index in [9.17, 15) is 23.1 Å². The topological polar surface area (TPSA) is 52.6 Å². The minimum absolute atomic E-state index is 0.0261. The van der Waals surface area contributed by atoms with Crippen LogP contribution in [0.4, 0.5) is 18.0 Å². The number of alkyl halides is 3. The van der Waals surface area contributed by atoms with Crippen LogP contribution in [0.5, 0.6) is 0 Å². The first-order valence-corrected chi connectivity index (χ1v) is 8.63. The third kappa shape index (κ3) is 3.30. The van der Waals surface area contributed by atoms with Crippen LogP contribution >= 0.6 is 0 Å². The van der Waals surface area contributed by atoms with Crippen molar-refractivity contribution in [2.24, 2.45) is 11.8 Å². The monoisotopic (exact) mass is 334 g/mol. The van der Waals surface area contributed by atoms with Gasteiger partial charge >= 0.3 is 12.2 Å². The molecule has 0 bridgehead atoms. The van der Waals surface area contributed by atoms with Gasteiger partial charge in [0.2, 0.25) is 0 Å². The fourth-order valence-corrected chi connectivity index (χ4v) is 4.49. The van der Waals surface area contributed by atoms with Gasteiger partial charge in [-0.2, -0.15) is 13.2 Å². The van der Waals surface area contributed by atoms with E-state index in [1.165, 1.54) is 4.90 Å². The van der Waals surface area contributed by atoms with Gasteiger partial charge in [-0.05, 0) is 43.9 Å². The lowest BCUT2D eigenvalue weighted by atomic mass is 9.80. The van der Waals surface area contributed by atoms with E-state index in [0.717, 1.165) is 19.3 Å². The largest absolute Gasteiger partial charge is 0.411 e. The van der Waals surface area contributed by atoms with Gasteiger partial charge in [0.15, 0.2) is 0 Å². The summed E-state index contributed by atoms with van der Waals surface area (Å²) >= 11 is 0. The lowest BCUT2D eigenvalue weighted by Crippen LogP contribution is -2.61. The van der Waals surface area contributed by atoms with Crippen molar-refractivity contribution in [3.63, 3.8) is 0 Å². The fourth-order valence-electron chi connectivity index (χ4n) is 4.49. The molecule has 1 heterocycles. The standard InChI is InChI=1S/C16H25F3N2O2/c17-16(18,19)15(6-2-1-3-7-15)20-14(23)21-9-11-4-5-13(22)8-12(11)10-21/h11-13,22H,1-10H2,(H,20,23)/t11-,12+,13-/m1/s1. The average molecular weight is 334 g/mol. The van der Waals surface area contributed by atoms with Crippen LogP contribution < -0.4 is 5.32 Å². The van der Waals surface area contributed by atoms with Crippen LogP contribution in [0.3, 0.4) is 0 Å². The van der Waals surface area contributed by atoms with E-state index in [2.05, 4.69) is 5.32 Å². The Morgan fingerprint density at radius 3 is 2.39 bits per heavy atom. The van der Waals surface area contributed by atoms with Crippen LogP contribution in [-0.2, 0) is 0 Å². The second-order valence-corrected chi connectivity index (χ2v) is 7.46. The van der Waals surface area contributed by atoms with Crippen LogP contribution in [0.1, 0.15) is 51.4 Å². The molecule has 23 heavy (non-hydrogen) atoms. The molecule has 3 rings (SSSR count). The molecule has 3 atom stereocenters. The average Bonchev–Trinajstić information content (AvgIpc) is 2.90. The first-order valence-electron chi connectivity index (χ1n) is 8.63. The molecule has 1 saturated heterocycles. The van der Waals surface area contributed by atoms with Gasteiger partial charge in [0, 0.05) is 13.1 Å². The van der Waals surface area contributed by atoms with Gasteiger partial charge < -0.3 is 15.3 Å². The summed E-state index contributed by atoms with van der Waals surface area (Å²) in [6, 6.07) is -0.590. The van der Waals surface area contributed by atoms with E-state index in [1.807, 2.05) is 0 Å². The van der Waals surface area contributed by atoms with Gasteiger partial charge in [-0.3, -0.25) is 0 Å². The number of likely N-dealkylation sites (tertiary alicyclic amines) is 1. The maximum atomic E-state index is 13.5. The number of aliphatic hydroxyl groups is 1. The second kappa shape index (κ2) is 6.15. The first kappa shape index (κ1) is 16.9. The summed E-state index contributed by atoms with van der Waals surface area (Å²) in [4.78, 5) is 14.0. The molecule has 0 radical (unpaired) electrons. The Labute approximate surface area is 134 Å². The van der Waals surface area contributed by atoms with Gasteiger partial charge in [0.1, 0.15) is 5.54 Å². The second-order valence-electron chi connectivity index (χ2n) is 7.46. The van der Waals surface area contributed by atoms with Crippen LogP contribution in [0, 0.1) is 11.8 Å². The molecule has 2 saturated carbocycles. The number of fused-ring (bicyclic) bond motifs is 1. The number of carbonyl (C=O) groups is 1. The van der Waals surface area contributed by atoms with E-state index < -0.39 is 17.7 Å². The third-order valence-electron chi connectivity index (χ3n) is 5.91. The summed E-state index contributed by atoms with van der Waals surface area (Å²) in [5, 5.41) is 12.1. The Bertz CT molecular complexity index is 449. The predicted molar refractivity (Wildman–Crippen MR) is 78.8 cm³/mol. The number of carbonyl (C=O) groups excluding carboxylic acids is 1. The maximum Gasteiger partial charge on any atom is 0.411 e. The van der Waals surface area contributed by atoms with E-state index in [-0.39, 0.29) is 24.9 Å². The number of nitrogens with zero attached hydrogens (tertiary/aromatic N) is 1. The highest BCUT2D eigenvalue weighted by Gasteiger charge is 2.56. The van der Waals surface area contributed by atoms with E-state index in [0.29, 0.717) is 38.3 Å². The molecule has 0 aromatic rings. The maximum absolute atomic E-state index is 13.5. The number of hydrogen-bond donors (Lipinski definition) is 2. The van der Waals surface area contributed by atoms with Crippen molar-refractivity contribution in [3.8, 4) is 0 Å². The van der Waals surface area contributed by atoms with E-state index >= 15 is 0 Å². The van der Waals surface area contributed by atoms with Crippen LogP contribution in [0.15, 0.2) is 0 Å². The number of urea groups is 1. The van der Waals surface area contributed by atoms with Gasteiger partial charge in [-0.15, -0.1) is 0 Å². The smallest absolute Gasteiger partial charge is 0.393 e. The number of halogens is 3. The SMILES string of the molecule is O=C(NC1(C(F)(F)F)CCCCC1)N1C[C@H]2CC[C@@H](O)C[C@H]2C1. The Morgan fingerprint density at radius 2 is 1.74 bits per heavy atom. The number of amides is 2. The zero-order chi connectivity index (χ0) is 16.7. The molecule has 1 aliphatic heterocycles. The van der Waals surface area contributed by atoms with Crippen molar-refractivity contribution < 1.29 is 23.1 Å². The molecule has 0 spiro atoms. The van der Waals surface area contributed by atoms with E-state index in [1.54, 1.807) is 0 Å². The molecule has 2 aliphatic carbocycles. The Morgan fingerprint density at radius 1 is 1.09 bits per heavy atom. The van der Waals surface area contributed by atoms with Crippen LogP contribution in [0.2, 0.25) is 0 Å². The van der Waals surface area contributed by atoms with Crippen molar-refractivity contribution in [3.05, 3.63) is 0 Å². The minimum atomic E-state index is -4.41. The molecular formula is C16H25F3N2O2. The number of rotatable bonds is 1. The Hall–Kier alpha value is -0.980. The summed E-state index contributed by atoms with van der Waals surface area (Å²) < 4.78 is 40.6. The Balaban J connectivity index is 1.66. The van der Waals surface area contributed by atoms with Crippen LogP contribution in [0.25, 0.3) is 0 Å². The highest BCUT2D eigenvalue weighted by Crippen LogP contribution is 2.42. The molecule has 2 amide bonds. The van der Waals surface area contributed by atoms with Crippen molar-refractivity contribution in [1.29, 1.82) is 0 Å². The van der Waals surface area contributed by atoms with Crippen molar-refractivity contribution >= 4 is 6.03 Å². The summed E-state index contributed by atoms with van der Waals surface area (Å²) in [7, 11) is 0. The molecule has 3 aliphatic rings.